The second-order valence-corrected chi connectivity index (χ2v) is 8.04. The zero-order valence-electron chi connectivity index (χ0n) is 17.8. The molecule has 0 radical (unpaired) electrons. The van der Waals surface area contributed by atoms with E-state index in [0.717, 1.165) is 44.7 Å². The third kappa shape index (κ3) is 7.13. The molecule has 0 bridgehead atoms. The highest BCUT2D eigenvalue weighted by Crippen LogP contribution is 2.36. The molecule has 2 saturated heterocycles. The molecule has 2 N–H and O–H groups in total. The van der Waals surface area contributed by atoms with E-state index in [0.29, 0.717) is 12.3 Å². The number of carboxylic acids is 1. The van der Waals surface area contributed by atoms with E-state index in [4.69, 9.17) is 19.9 Å². The van der Waals surface area contributed by atoms with Gasteiger partial charge < -0.3 is 15.2 Å². The van der Waals surface area contributed by atoms with Gasteiger partial charge in [-0.3, -0.25) is 9.88 Å². The van der Waals surface area contributed by atoms with E-state index in [1.165, 1.54) is 5.56 Å². The lowest BCUT2D eigenvalue weighted by molar-refractivity contribution is -0.192. The Morgan fingerprint density at radius 1 is 1.36 bits per heavy atom. The number of halogens is 3. The van der Waals surface area contributed by atoms with Crippen molar-refractivity contribution in [1.82, 2.24) is 14.9 Å². The van der Waals surface area contributed by atoms with Crippen molar-refractivity contribution in [1.29, 1.82) is 5.26 Å². The highest BCUT2D eigenvalue weighted by Gasteiger charge is 2.43. The van der Waals surface area contributed by atoms with E-state index < -0.39 is 12.1 Å². The predicted octanol–water partition coefficient (Wildman–Crippen LogP) is 3.22. The monoisotopic (exact) mass is 463 g/mol. The van der Waals surface area contributed by atoms with Gasteiger partial charge in [0.1, 0.15) is 17.6 Å². The number of alkyl halides is 3. The molecular weight excluding hydrogens is 439 g/mol. The number of carbonyl (C=O) groups is 1. The maximum absolute atomic E-state index is 10.6. The Morgan fingerprint density at radius 3 is 2.82 bits per heavy atom. The Balaban J connectivity index is 0.000000383. The van der Waals surface area contributed by atoms with E-state index in [1.54, 1.807) is 6.07 Å². The van der Waals surface area contributed by atoms with E-state index in [1.807, 2.05) is 30.6 Å². The Kier molecular flexibility index (Phi) is 7.84. The molecule has 0 amide bonds. The fraction of sp³-hybridized carbons (Fsp3) is 0.455. The minimum absolute atomic E-state index is 0.0784. The van der Waals surface area contributed by atoms with Crippen molar-refractivity contribution in [3.63, 3.8) is 0 Å². The van der Waals surface area contributed by atoms with Crippen molar-refractivity contribution in [3.8, 4) is 6.07 Å². The number of aromatic nitrogens is 2. The number of likely N-dealkylation sites (tertiary alicyclic amines) is 1. The van der Waals surface area contributed by atoms with Gasteiger partial charge in [0.25, 0.3) is 0 Å². The molecule has 33 heavy (non-hydrogen) atoms. The van der Waals surface area contributed by atoms with Crippen LogP contribution in [0, 0.1) is 11.3 Å². The van der Waals surface area contributed by atoms with Crippen molar-refractivity contribution in [2.75, 3.05) is 25.0 Å². The van der Waals surface area contributed by atoms with E-state index >= 15 is 0 Å². The number of anilines is 1. The van der Waals surface area contributed by atoms with Crippen LogP contribution in [0.4, 0.5) is 19.0 Å². The lowest BCUT2D eigenvalue weighted by Crippen LogP contribution is -2.47. The van der Waals surface area contributed by atoms with E-state index in [9.17, 15) is 13.2 Å². The smallest absolute Gasteiger partial charge is 0.475 e. The van der Waals surface area contributed by atoms with Crippen LogP contribution in [0.25, 0.3) is 0 Å². The summed E-state index contributed by atoms with van der Waals surface area (Å²) in [6.45, 7) is 3.65. The molecule has 2 fully saturated rings. The minimum atomic E-state index is -5.08. The maximum Gasteiger partial charge on any atom is 0.490 e. The molecule has 2 aromatic rings. The van der Waals surface area contributed by atoms with Gasteiger partial charge in [0.2, 0.25) is 0 Å². The topological polar surface area (TPSA) is 111 Å². The summed E-state index contributed by atoms with van der Waals surface area (Å²) in [6, 6.07) is 11.9. The van der Waals surface area contributed by atoms with Crippen molar-refractivity contribution < 1.29 is 27.8 Å². The van der Waals surface area contributed by atoms with E-state index in [2.05, 4.69) is 32.3 Å². The number of hydrogen-bond acceptors (Lipinski definition) is 7. The largest absolute Gasteiger partial charge is 0.490 e. The van der Waals surface area contributed by atoms with Gasteiger partial charge in [-0.05, 0) is 43.1 Å². The second kappa shape index (κ2) is 10.6. The van der Waals surface area contributed by atoms with Crippen LogP contribution in [0.15, 0.2) is 42.7 Å². The van der Waals surface area contributed by atoms with Gasteiger partial charge in [0, 0.05) is 31.9 Å². The fourth-order valence-corrected chi connectivity index (χ4v) is 4.08. The molecule has 8 nitrogen and oxygen atoms in total. The van der Waals surface area contributed by atoms with Crippen molar-refractivity contribution in [3.05, 3.63) is 54.0 Å². The lowest BCUT2D eigenvalue weighted by atomic mass is 9.88. The zero-order valence-corrected chi connectivity index (χ0v) is 17.8. The summed E-state index contributed by atoms with van der Waals surface area (Å²) >= 11 is 0. The molecular formula is C22H24F3N5O3. The SMILES string of the molecule is N#Cc1cccc(NC2COC3(CCCN(Cc4cccnc4)C3)C2)n1.O=C(O)C(F)(F)F. The number of nitrogens with one attached hydrogen (secondary N) is 1. The Labute approximate surface area is 189 Å². The highest BCUT2D eigenvalue weighted by molar-refractivity contribution is 5.73. The molecule has 0 aliphatic carbocycles. The van der Waals surface area contributed by atoms with Gasteiger partial charge in [0.05, 0.1) is 18.2 Å². The number of rotatable bonds is 4. The number of ether oxygens (including phenoxy) is 1. The van der Waals surface area contributed by atoms with Crippen LogP contribution in [0.3, 0.4) is 0 Å². The second-order valence-electron chi connectivity index (χ2n) is 8.04. The van der Waals surface area contributed by atoms with Gasteiger partial charge in [-0.15, -0.1) is 0 Å². The van der Waals surface area contributed by atoms with Gasteiger partial charge in [-0.1, -0.05) is 12.1 Å². The Hall–Kier alpha value is -3.23. The molecule has 1 spiro atoms. The van der Waals surface area contributed by atoms with Gasteiger partial charge in [-0.25, -0.2) is 9.78 Å². The molecule has 2 unspecified atom stereocenters. The predicted molar refractivity (Wildman–Crippen MR) is 112 cm³/mol. The van der Waals surface area contributed by atoms with Crippen molar-refractivity contribution in [2.45, 2.75) is 43.6 Å². The van der Waals surface area contributed by atoms with Crippen molar-refractivity contribution >= 4 is 11.8 Å². The summed E-state index contributed by atoms with van der Waals surface area (Å²) in [5.41, 5.74) is 1.60. The number of pyridine rings is 2. The molecule has 2 aliphatic rings. The average molecular weight is 463 g/mol. The first-order valence-corrected chi connectivity index (χ1v) is 10.4. The standard InChI is InChI=1S/C20H23N5O.C2HF3O2/c21-11-17-5-1-6-19(23-17)24-18-10-20(26-14-18)7-3-9-25(15-20)13-16-4-2-8-22-12-16;3-2(4,5)1(6)7/h1-2,4-6,8,12,18H,3,7,9-10,13-15H2,(H,23,24);(H,6,7). The normalized spacial score (nSPS) is 22.8. The molecule has 2 aromatic heterocycles. The number of aliphatic carboxylic acids is 1. The fourth-order valence-electron chi connectivity index (χ4n) is 4.08. The maximum atomic E-state index is 10.6. The first-order chi connectivity index (χ1) is 15.7. The number of nitriles is 1. The lowest BCUT2D eigenvalue weighted by Gasteiger charge is -2.39. The summed E-state index contributed by atoms with van der Waals surface area (Å²) in [4.78, 5) is 19.9. The summed E-state index contributed by atoms with van der Waals surface area (Å²) < 4.78 is 38.0. The molecule has 0 saturated carbocycles. The van der Waals surface area contributed by atoms with Crippen LogP contribution in [0.2, 0.25) is 0 Å². The third-order valence-corrected chi connectivity index (χ3v) is 5.41. The number of hydrogen-bond donors (Lipinski definition) is 2. The quantitative estimate of drug-likeness (QED) is 0.711. The molecule has 2 aliphatic heterocycles. The number of nitrogens with zero attached hydrogens (tertiary/aromatic N) is 4. The van der Waals surface area contributed by atoms with Crippen LogP contribution in [-0.4, -0.2) is 63.5 Å². The van der Waals surface area contributed by atoms with Crippen LogP contribution in [0.5, 0.6) is 0 Å². The number of piperidine rings is 1. The molecule has 2 atom stereocenters. The molecule has 4 heterocycles. The van der Waals surface area contributed by atoms with Crippen LogP contribution in [-0.2, 0) is 16.1 Å². The first-order valence-electron chi connectivity index (χ1n) is 10.4. The third-order valence-electron chi connectivity index (χ3n) is 5.41. The van der Waals surface area contributed by atoms with E-state index in [-0.39, 0.29) is 11.6 Å². The highest BCUT2D eigenvalue weighted by atomic mass is 19.4. The molecule has 0 aromatic carbocycles. The first kappa shape index (κ1) is 24.4. The summed E-state index contributed by atoms with van der Waals surface area (Å²) in [5.74, 6) is -2.01. The zero-order chi connectivity index (χ0) is 23.9. The van der Waals surface area contributed by atoms with Crippen LogP contribution >= 0.6 is 0 Å². The molecule has 11 heteroatoms. The van der Waals surface area contributed by atoms with Crippen molar-refractivity contribution in [2.24, 2.45) is 0 Å². The molecule has 176 valence electrons. The summed E-state index contributed by atoms with van der Waals surface area (Å²) in [7, 11) is 0. The minimum Gasteiger partial charge on any atom is -0.475 e. The Morgan fingerprint density at radius 2 is 2.15 bits per heavy atom. The van der Waals surface area contributed by atoms with Crippen LogP contribution < -0.4 is 5.32 Å². The summed E-state index contributed by atoms with van der Waals surface area (Å²) in [6.07, 6.45) is 1.88. The summed E-state index contributed by atoms with van der Waals surface area (Å²) in [5, 5.41) is 19.6. The Bertz CT molecular complexity index is 983. The van der Waals surface area contributed by atoms with Gasteiger partial charge in [0.15, 0.2) is 0 Å². The average Bonchev–Trinajstić information content (AvgIpc) is 3.15. The molecule has 4 rings (SSSR count). The number of carboxylic acid groups (broad SMARTS) is 1. The van der Waals surface area contributed by atoms with Gasteiger partial charge in [-0.2, -0.15) is 18.4 Å². The van der Waals surface area contributed by atoms with Gasteiger partial charge >= 0.3 is 12.1 Å². The van der Waals surface area contributed by atoms with Crippen LogP contribution in [0.1, 0.15) is 30.5 Å².